The summed E-state index contributed by atoms with van der Waals surface area (Å²) in [6.45, 7) is 0. The molecule has 1 fully saturated rings. The maximum absolute atomic E-state index is 14.3. The number of ether oxygens (including phenoxy) is 1. The van der Waals surface area contributed by atoms with E-state index in [0.717, 1.165) is 33.0 Å². The van der Waals surface area contributed by atoms with E-state index in [2.05, 4.69) is 29.8 Å². The predicted molar refractivity (Wildman–Crippen MR) is 184 cm³/mol. The van der Waals surface area contributed by atoms with E-state index in [0.29, 0.717) is 15.0 Å². The van der Waals surface area contributed by atoms with Gasteiger partial charge in [-0.05, 0) is 23.3 Å². The molecule has 1 unspecified atom stereocenters. The maximum Gasteiger partial charge on any atom is 0.356 e. The van der Waals surface area contributed by atoms with Crippen LogP contribution in [0, 0.1) is 0 Å². The molecule has 17 heteroatoms. The Morgan fingerprint density at radius 2 is 1.79 bits per heavy atom. The molecule has 1 saturated heterocycles. The number of hydrogen-bond acceptors (Lipinski definition) is 15. The average molecular weight is 717 g/mol. The fourth-order valence-corrected chi connectivity index (χ4v) is 9.17. The van der Waals surface area contributed by atoms with E-state index in [1.165, 1.54) is 46.9 Å². The van der Waals surface area contributed by atoms with Gasteiger partial charge in [-0.15, -0.1) is 11.8 Å². The molecule has 0 spiro atoms. The first-order valence-electron chi connectivity index (χ1n) is 14.3. The SMILES string of the molecule is CO/N=C(\C(=O)NC1C(=O)N2C(C(=O)OC(c3ccccc3)c3ccccc3)=C(Sc3nc4cccnc4s3)CS[C@H]12)c1nsc(N)n1. The Kier molecular flexibility index (Phi) is 9.07. The van der Waals surface area contributed by atoms with Gasteiger partial charge in [0, 0.05) is 28.4 Å². The number of aromatic nitrogens is 4. The van der Waals surface area contributed by atoms with Crippen LogP contribution in [0.3, 0.4) is 0 Å². The highest BCUT2D eigenvalue weighted by molar-refractivity contribution is 8.07. The van der Waals surface area contributed by atoms with Crippen molar-refractivity contribution in [3.05, 3.63) is 107 Å². The number of carbonyl (C=O) groups excluding carboxylic acids is 3. The van der Waals surface area contributed by atoms with Crippen LogP contribution in [0.25, 0.3) is 10.3 Å². The number of thioether (sulfide) groups is 2. The number of nitrogen functional groups attached to an aromatic ring is 1. The molecule has 5 aromatic rings. The number of thiazole rings is 1. The van der Waals surface area contributed by atoms with Crippen molar-refractivity contribution in [2.24, 2.45) is 5.16 Å². The number of nitrogens with zero attached hydrogens (tertiary/aromatic N) is 6. The molecule has 2 aromatic carbocycles. The van der Waals surface area contributed by atoms with Gasteiger partial charge in [0.15, 0.2) is 15.6 Å². The fraction of sp³-hybridized carbons (Fsp3) is 0.161. The fourth-order valence-electron chi connectivity index (χ4n) is 5.12. The number of anilines is 1. The standard InChI is InChI=1S/C31H24N8O5S4/c1-43-37-20(24-36-30(32)48-38-24)25(40)35-21-27(41)39-22(19(15-45-28(21)39)46-31-34-18-13-8-14-33-26(18)47-31)29(42)44-23(16-9-4-2-5-10-16)17-11-6-3-7-12-17/h2-14,21,23,28H,15H2,1H3,(H,35,40)(H2,32,36,38)/b37-20-/t21?,28-/m1/s1. The second-order valence-corrected chi connectivity index (χ2v) is 14.4. The smallest absolute Gasteiger partial charge is 0.356 e. The molecule has 0 radical (unpaired) electrons. The van der Waals surface area contributed by atoms with Crippen LogP contribution >= 0.6 is 46.4 Å². The number of nitrogens with two attached hydrogens (primary N) is 1. The monoisotopic (exact) mass is 716 g/mol. The predicted octanol–water partition coefficient (Wildman–Crippen LogP) is 4.21. The minimum Gasteiger partial charge on any atom is -0.448 e. The van der Waals surface area contributed by atoms with Gasteiger partial charge in [-0.2, -0.15) is 9.36 Å². The summed E-state index contributed by atoms with van der Waals surface area (Å²) >= 11 is 4.98. The third kappa shape index (κ3) is 6.24. The number of rotatable bonds is 10. The number of β-lactam (4-membered cyclic amide) rings is 1. The maximum atomic E-state index is 14.3. The molecule has 13 nitrogen and oxygen atoms in total. The van der Waals surface area contributed by atoms with Gasteiger partial charge in [0.25, 0.3) is 11.8 Å². The first-order chi connectivity index (χ1) is 23.4. The molecule has 0 aliphatic carbocycles. The zero-order valence-corrected chi connectivity index (χ0v) is 28.1. The van der Waals surface area contributed by atoms with Gasteiger partial charge < -0.3 is 20.6 Å². The first kappa shape index (κ1) is 31.7. The number of nitrogens with one attached hydrogen (secondary N) is 1. The molecule has 242 valence electrons. The van der Waals surface area contributed by atoms with Crippen molar-refractivity contribution < 1.29 is 24.0 Å². The van der Waals surface area contributed by atoms with Crippen LogP contribution in [0.4, 0.5) is 5.13 Å². The normalized spacial score (nSPS) is 17.7. The number of carbonyl (C=O) groups is 3. The Morgan fingerprint density at radius 3 is 2.44 bits per heavy atom. The van der Waals surface area contributed by atoms with E-state index >= 15 is 0 Å². The number of pyridine rings is 1. The van der Waals surface area contributed by atoms with Gasteiger partial charge in [-0.3, -0.25) is 14.5 Å². The minimum absolute atomic E-state index is 0.0298. The topological polar surface area (TPSA) is 175 Å². The summed E-state index contributed by atoms with van der Waals surface area (Å²) in [6.07, 6.45) is 0.955. The first-order valence-corrected chi connectivity index (χ1v) is 17.8. The molecule has 5 heterocycles. The van der Waals surface area contributed by atoms with Crippen LogP contribution in [0.1, 0.15) is 23.1 Å². The van der Waals surface area contributed by atoms with E-state index in [-0.39, 0.29) is 22.4 Å². The number of esters is 1. The molecular formula is C31H24N8O5S4. The van der Waals surface area contributed by atoms with Crippen molar-refractivity contribution in [1.29, 1.82) is 0 Å². The molecule has 3 N–H and O–H groups in total. The van der Waals surface area contributed by atoms with Crippen molar-refractivity contribution in [3.63, 3.8) is 0 Å². The van der Waals surface area contributed by atoms with Crippen LogP contribution in [0.15, 0.2) is 99.1 Å². The Balaban J connectivity index is 1.21. The average Bonchev–Trinajstić information content (AvgIpc) is 3.74. The Labute approximate surface area is 289 Å². The van der Waals surface area contributed by atoms with Crippen molar-refractivity contribution >= 4 is 85.4 Å². The summed E-state index contributed by atoms with van der Waals surface area (Å²) in [5.74, 6) is -1.57. The molecule has 2 aliphatic heterocycles. The van der Waals surface area contributed by atoms with Gasteiger partial charge in [0.1, 0.15) is 34.6 Å². The highest BCUT2D eigenvalue weighted by Crippen LogP contribution is 2.47. The van der Waals surface area contributed by atoms with Gasteiger partial charge in [0.2, 0.25) is 11.5 Å². The van der Waals surface area contributed by atoms with Crippen LogP contribution in [-0.4, -0.2) is 72.0 Å². The summed E-state index contributed by atoms with van der Waals surface area (Å²) in [4.78, 5) is 62.1. The molecule has 7 rings (SSSR count). The van der Waals surface area contributed by atoms with E-state index in [1.807, 2.05) is 72.8 Å². The minimum atomic E-state index is -0.972. The van der Waals surface area contributed by atoms with Crippen LogP contribution in [0.2, 0.25) is 0 Å². The molecule has 48 heavy (non-hydrogen) atoms. The van der Waals surface area contributed by atoms with Gasteiger partial charge in [-0.25, -0.2) is 14.8 Å². The third-order valence-corrected chi connectivity index (χ3v) is 11.4. The molecule has 0 saturated carbocycles. The zero-order valence-electron chi connectivity index (χ0n) is 24.9. The largest absolute Gasteiger partial charge is 0.448 e. The van der Waals surface area contributed by atoms with Crippen LogP contribution in [0.5, 0.6) is 0 Å². The highest BCUT2D eigenvalue weighted by Gasteiger charge is 2.55. The summed E-state index contributed by atoms with van der Waals surface area (Å²) < 4.78 is 10.9. The number of benzene rings is 2. The summed E-state index contributed by atoms with van der Waals surface area (Å²) in [5.41, 5.74) is 7.84. The van der Waals surface area contributed by atoms with Gasteiger partial charge in [0.05, 0.1) is 0 Å². The second-order valence-electron chi connectivity index (χ2n) is 10.2. The van der Waals surface area contributed by atoms with Gasteiger partial charge >= 0.3 is 5.97 Å². The summed E-state index contributed by atoms with van der Waals surface area (Å²) in [5, 5.41) is 6.01. The van der Waals surface area contributed by atoms with E-state index < -0.39 is 35.3 Å². The number of amides is 2. The zero-order chi connectivity index (χ0) is 33.2. The molecule has 3 aromatic heterocycles. The Hall–Kier alpha value is -4.84. The Morgan fingerprint density at radius 1 is 1.06 bits per heavy atom. The number of fused-ring (bicyclic) bond motifs is 2. The lowest BCUT2D eigenvalue weighted by Crippen LogP contribution is -2.71. The highest BCUT2D eigenvalue weighted by atomic mass is 32.2. The van der Waals surface area contributed by atoms with E-state index in [9.17, 15) is 14.4 Å². The van der Waals surface area contributed by atoms with Crippen molar-refractivity contribution in [2.75, 3.05) is 18.6 Å². The van der Waals surface area contributed by atoms with Gasteiger partial charge in [-0.1, -0.05) is 88.9 Å². The van der Waals surface area contributed by atoms with Crippen LogP contribution in [-0.2, 0) is 24.0 Å². The summed E-state index contributed by atoms with van der Waals surface area (Å²) in [7, 11) is 1.28. The van der Waals surface area contributed by atoms with Crippen molar-refractivity contribution in [3.8, 4) is 0 Å². The number of hydrogen-bond donors (Lipinski definition) is 2. The van der Waals surface area contributed by atoms with E-state index in [1.54, 1.807) is 6.20 Å². The molecule has 0 bridgehead atoms. The lowest BCUT2D eigenvalue weighted by Gasteiger charge is -2.49. The van der Waals surface area contributed by atoms with E-state index in [4.69, 9.17) is 15.3 Å². The molecule has 2 amide bonds. The number of oxime groups is 1. The third-order valence-electron chi connectivity index (χ3n) is 7.25. The molecule has 2 atom stereocenters. The quantitative estimate of drug-likeness (QED) is 0.0913. The lowest BCUT2D eigenvalue weighted by atomic mass is 10.0. The molecule has 2 aliphatic rings. The summed E-state index contributed by atoms with van der Waals surface area (Å²) in [6, 6.07) is 21.5. The molecular weight excluding hydrogens is 693 g/mol. The lowest BCUT2D eigenvalue weighted by molar-refractivity contribution is -0.154. The van der Waals surface area contributed by atoms with Crippen molar-refractivity contribution in [1.82, 2.24) is 29.5 Å². The second kappa shape index (κ2) is 13.7. The van der Waals surface area contributed by atoms with Crippen molar-refractivity contribution in [2.45, 2.75) is 21.9 Å². The Bertz CT molecular complexity index is 2000. The van der Waals surface area contributed by atoms with Crippen LogP contribution < -0.4 is 11.1 Å².